The Hall–Kier alpha value is -7.42. The first-order chi connectivity index (χ1) is 28.3. The smallest absolute Gasteiger partial charge is 0.137 e. The molecule has 2 aliphatic rings. The minimum Gasteiger partial charge on any atom is -0.456 e. The molecule has 0 fully saturated rings. The van der Waals surface area contributed by atoms with Crippen LogP contribution in [0.5, 0.6) is 0 Å². The van der Waals surface area contributed by atoms with Crippen molar-refractivity contribution in [2.75, 3.05) is 4.90 Å². The first kappa shape index (κ1) is 31.9. The molecule has 266 valence electrons. The highest BCUT2D eigenvalue weighted by molar-refractivity contribution is 6.13. The van der Waals surface area contributed by atoms with Crippen LogP contribution >= 0.6 is 0 Å². The molecule has 0 atom stereocenters. The number of rotatable bonds is 4. The Balaban J connectivity index is 1.17. The number of fused-ring (bicyclic) bond motifs is 15. The third-order valence-corrected chi connectivity index (χ3v) is 12.3. The summed E-state index contributed by atoms with van der Waals surface area (Å²) in [7, 11) is 0. The summed E-state index contributed by atoms with van der Waals surface area (Å²) in [6, 6.07) is 77.7. The van der Waals surface area contributed by atoms with Gasteiger partial charge in [0, 0.05) is 16.8 Å². The summed E-state index contributed by atoms with van der Waals surface area (Å²) in [5, 5.41) is 2.20. The maximum absolute atomic E-state index is 6.48. The van der Waals surface area contributed by atoms with E-state index in [4.69, 9.17) is 4.42 Å². The molecule has 0 aliphatic heterocycles. The molecule has 2 nitrogen and oxygen atoms in total. The van der Waals surface area contributed by atoms with Crippen molar-refractivity contribution >= 4 is 39.0 Å². The number of furan rings is 1. The zero-order chi connectivity index (χ0) is 37.5. The molecule has 57 heavy (non-hydrogen) atoms. The van der Waals surface area contributed by atoms with Crippen LogP contribution < -0.4 is 4.90 Å². The highest BCUT2D eigenvalue weighted by Gasteiger charge is 2.49. The molecule has 0 radical (unpaired) electrons. The summed E-state index contributed by atoms with van der Waals surface area (Å²) >= 11 is 0. The number of benzene rings is 9. The average Bonchev–Trinajstić information content (AvgIpc) is 3.78. The molecule has 2 heteroatoms. The zero-order valence-corrected chi connectivity index (χ0v) is 31.1. The molecule has 10 aromatic rings. The third-order valence-electron chi connectivity index (χ3n) is 12.3. The van der Waals surface area contributed by atoms with Crippen LogP contribution in [0.2, 0.25) is 0 Å². The van der Waals surface area contributed by atoms with E-state index in [0.29, 0.717) is 0 Å². The van der Waals surface area contributed by atoms with Gasteiger partial charge in [0.05, 0.1) is 16.5 Å². The molecule has 12 rings (SSSR count). The maximum Gasteiger partial charge on any atom is 0.137 e. The Labute approximate surface area is 331 Å². The summed E-state index contributed by atoms with van der Waals surface area (Å²) in [5.41, 5.74) is 19.6. The summed E-state index contributed by atoms with van der Waals surface area (Å²) in [6.45, 7) is 0. The van der Waals surface area contributed by atoms with Crippen molar-refractivity contribution in [1.29, 1.82) is 0 Å². The minimum absolute atomic E-state index is 0.528. The first-order valence-corrected chi connectivity index (χ1v) is 19.7. The van der Waals surface area contributed by atoms with Gasteiger partial charge in [-0.15, -0.1) is 0 Å². The molecule has 9 aromatic carbocycles. The lowest BCUT2D eigenvalue weighted by Crippen LogP contribution is -2.29. The molecule has 1 heterocycles. The van der Waals surface area contributed by atoms with E-state index in [9.17, 15) is 0 Å². The Morgan fingerprint density at radius 2 is 0.825 bits per heavy atom. The monoisotopic (exact) mass is 725 g/mol. The fraction of sp³-hybridized carbons (Fsp3) is 0.0182. The fourth-order valence-electron chi connectivity index (χ4n) is 9.98. The molecule has 0 amide bonds. The van der Waals surface area contributed by atoms with E-state index in [1.54, 1.807) is 0 Å². The zero-order valence-electron chi connectivity index (χ0n) is 31.1. The Morgan fingerprint density at radius 1 is 0.333 bits per heavy atom. The Bertz CT molecular complexity index is 3140. The summed E-state index contributed by atoms with van der Waals surface area (Å²) < 4.78 is 6.48. The van der Waals surface area contributed by atoms with Gasteiger partial charge in [-0.3, -0.25) is 0 Å². The summed E-state index contributed by atoms with van der Waals surface area (Å²) in [4.78, 5) is 2.42. The quantitative estimate of drug-likeness (QED) is 0.180. The molecule has 1 spiro atoms. The number of hydrogen-bond donors (Lipinski definition) is 0. The van der Waals surface area contributed by atoms with E-state index in [-0.39, 0.29) is 0 Å². The lowest BCUT2D eigenvalue weighted by molar-refractivity contribution is 0.669. The Kier molecular flexibility index (Phi) is 6.88. The number of anilines is 3. The number of para-hydroxylation sites is 1. The summed E-state index contributed by atoms with van der Waals surface area (Å²) in [6.07, 6.45) is 0. The molecule has 1 aromatic heterocycles. The highest BCUT2D eigenvalue weighted by Crippen LogP contribution is 2.62. The van der Waals surface area contributed by atoms with Crippen LogP contribution in [0.4, 0.5) is 17.1 Å². The van der Waals surface area contributed by atoms with E-state index in [1.807, 2.05) is 6.07 Å². The van der Waals surface area contributed by atoms with Gasteiger partial charge in [0.25, 0.3) is 0 Å². The summed E-state index contributed by atoms with van der Waals surface area (Å²) in [5.74, 6) is 0. The van der Waals surface area contributed by atoms with Gasteiger partial charge in [0.15, 0.2) is 0 Å². The fourth-order valence-corrected chi connectivity index (χ4v) is 9.98. The van der Waals surface area contributed by atoms with Crippen molar-refractivity contribution in [1.82, 2.24) is 0 Å². The highest BCUT2D eigenvalue weighted by atomic mass is 16.3. The number of nitrogens with zero attached hydrogens (tertiary/aromatic N) is 1. The lowest BCUT2D eigenvalue weighted by Gasteiger charge is -2.36. The van der Waals surface area contributed by atoms with E-state index in [1.165, 1.54) is 66.8 Å². The van der Waals surface area contributed by atoms with Gasteiger partial charge in [0.2, 0.25) is 0 Å². The van der Waals surface area contributed by atoms with Crippen molar-refractivity contribution in [3.63, 3.8) is 0 Å². The molecule has 0 bridgehead atoms. The molecular weight excluding hydrogens is 691 g/mol. The maximum atomic E-state index is 6.48. The molecule has 2 aliphatic carbocycles. The van der Waals surface area contributed by atoms with E-state index in [2.05, 4.69) is 211 Å². The predicted octanol–water partition coefficient (Wildman–Crippen LogP) is 14.7. The topological polar surface area (TPSA) is 16.4 Å². The van der Waals surface area contributed by atoms with Gasteiger partial charge >= 0.3 is 0 Å². The molecule has 0 unspecified atom stereocenters. The van der Waals surface area contributed by atoms with Crippen LogP contribution in [0.25, 0.3) is 66.4 Å². The van der Waals surface area contributed by atoms with E-state index in [0.717, 1.165) is 39.0 Å². The second-order valence-corrected chi connectivity index (χ2v) is 15.2. The molecule has 0 saturated carbocycles. The van der Waals surface area contributed by atoms with Crippen LogP contribution in [0.1, 0.15) is 22.3 Å². The van der Waals surface area contributed by atoms with Crippen molar-refractivity contribution in [3.8, 4) is 44.5 Å². The SMILES string of the molecule is c1ccc(-c2ccc(N(c3ccc4c(c3)-c3ccccc3-c3ccccc3C43c4ccccc4-c4ccccc43)c3cccc4oc5ccccc5c34)cc2)cc1. The van der Waals surface area contributed by atoms with Crippen LogP contribution in [0.15, 0.2) is 217 Å². The molecule has 0 N–H and O–H groups in total. The van der Waals surface area contributed by atoms with Crippen LogP contribution in [0, 0.1) is 0 Å². The van der Waals surface area contributed by atoms with Crippen molar-refractivity contribution in [3.05, 3.63) is 235 Å². The number of hydrogen-bond acceptors (Lipinski definition) is 2. The van der Waals surface area contributed by atoms with Crippen LogP contribution in [-0.4, -0.2) is 0 Å². The van der Waals surface area contributed by atoms with Gasteiger partial charge < -0.3 is 9.32 Å². The van der Waals surface area contributed by atoms with Gasteiger partial charge in [0.1, 0.15) is 11.2 Å². The van der Waals surface area contributed by atoms with Crippen LogP contribution in [0.3, 0.4) is 0 Å². The Morgan fingerprint density at radius 3 is 1.51 bits per heavy atom. The van der Waals surface area contributed by atoms with Gasteiger partial charge in [-0.05, 0) is 109 Å². The average molecular weight is 726 g/mol. The second-order valence-electron chi connectivity index (χ2n) is 15.2. The molecular formula is C55H35NO. The first-order valence-electron chi connectivity index (χ1n) is 19.7. The minimum atomic E-state index is -0.528. The largest absolute Gasteiger partial charge is 0.456 e. The standard InChI is InChI=1S/C55H35NO/c1-2-15-36(16-3-1)37-29-31-38(32-30-37)56(51-26-14-28-53-54(51)45-22-9-13-27-52(45)57-53)39-33-34-50-46(35-39)41-18-5-4-17-40(41)42-19-6-10-23-47(42)55(50)48-24-11-7-20-43(48)44-21-8-12-25-49(44)55/h1-35H. The van der Waals surface area contributed by atoms with E-state index >= 15 is 0 Å². The van der Waals surface area contributed by atoms with E-state index < -0.39 is 5.41 Å². The van der Waals surface area contributed by atoms with Gasteiger partial charge in [-0.2, -0.15) is 0 Å². The third kappa shape index (κ3) is 4.53. The second kappa shape index (κ2) is 12.3. The van der Waals surface area contributed by atoms with Crippen molar-refractivity contribution in [2.45, 2.75) is 5.41 Å². The normalized spacial score (nSPS) is 13.1. The lowest BCUT2D eigenvalue weighted by atomic mass is 9.66. The van der Waals surface area contributed by atoms with Gasteiger partial charge in [-0.25, -0.2) is 0 Å². The van der Waals surface area contributed by atoms with Gasteiger partial charge in [-0.1, -0.05) is 170 Å². The van der Waals surface area contributed by atoms with Crippen molar-refractivity contribution < 1.29 is 4.42 Å². The van der Waals surface area contributed by atoms with Crippen molar-refractivity contribution in [2.24, 2.45) is 0 Å². The predicted molar refractivity (Wildman–Crippen MR) is 236 cm³/mol. The van der Waals surface area contributed by atoms with Crippen LogP contribution in [-0.2, 0) is 5.41 Å². The molecule has 0 saturated heterocycles.